The number of hydrogen-bond acceptors (Lipinski definition) is 9. The average molecular weight is 586 g/mol. The maximum absolute atomic E-state index is 10.3. The van der Waals surface area contributed by atoms with Gasteiger partial charge in [-0.1, -0.05) is 0 Å². The molecule has 0 spiro atoms. The molecule has 0 aliphatic carbocycles. The first-order chi connectivity index (χ1) is 20.0. The molecule has 0 radical (unpaired) electrons. The van der Waals surface area contributed by atoms with Gasteiger partial charge in [-0.3, -0.25) is 14.5 Å². The molecule has 2 aliphatic rings. The highest BCUT2D eigenvalue weighted by Gasteiger charge is 2.40. The van der Waals surface area contributed by atoms with Crippen molar-refractivity contribution in [1.29, 1.82) is 0 Å². The van der Waals surface area contributed by atoms with Gasteiger partial charge in [0.15, 0.2) is 28.6 Å². The van der Waals surface area contributed by atoms with Gasteiger partial charge in [-0.25, -0.2) is 4.79 Å². The van der Waals surface area contributed by atoms with Crippen molar-refractivity contribution in [2.45, 2.75) is 50.3 Å². The van der Waals surface area contributed by atoms with Gasteiger partial charge in [0.05, 0.1) is 41.3 Å². The van der Waals surface area contributed by atoms with E-state index in [1.165, 1.54) is 46.7 Å². The lowest BCUT2D eigenvalue weighted by Crippen LogP contribution is -2.42. The van der Waals surface area contributed by atoms with Crippen molar-refractivity contribution < 1.29 is 53.8 Å². The third kappa shape index (κ3) is 5.86. The Balaban J connectivity index is 0.000000266. The number of benzene rings is 3. The molecule has 1 atom stereocenters. The molecule has 12 heteroatoms. The SMILES string of the molecule is COc1cc2c3c(c4cc(OC)c(OC)cc4c2cc1OC)CN1CCC[C@H]1C3.O=C(O)CC(O)(CC(=O)O)C(=O)O. The number of carboxylic acids is 3. The molecule has 3 aromatic carbocycles. The number of rotatable bonds is 9. The van der Waals surface area contributed by atoms with Crippen LogP contribution in [0.25, 0.3) is 21.5 Å². The quantitative estimate of drug-likeness (QED) is 0.270. The summed E-state index contributed by atoms with van der Waals surface area (Å²) in [6, 6.07) is 9.12. The van der Waals surface area contributed by atoms with E-state index in [4.69, 9.17) is 39.4 Å². The monoisotopic (exact) mass is 585 g/mol. The normalized spacial score (nSPS) is 16.2. The van der Waals surface area contributed by atoms with E-state index in [0.29, 0.717) is 6.04 Å². The molecule has 1 saturated heterocycles. The van der Waals surface area contributed by atoms with Crippen LogP contribution in [0.1, 0.15) is 36.8 Å². The molecule has 12 nitrogen and oxygen atoms in total. The zero-order chi connectivity index (χ0) is 30.8. The van der Waals surface area contributed by atoms with E-state index >= 15 is 0 Å². The molecule has 0 unspecified atom stereocenters. The van der Waals surface area contributed by atoms with Crippen molar-refractivity contribution in [3.8, 4) is 23.0 Å². The van der Waals surface area contributed by atoms with Gasteiger partial charge in [-0.2, -0.15) is 0 Å². The van der Waals surface area contributed by atoms with Gasteiger partial charge in [0.2, 0.25) is 0 Å². The number of carbonyl (C=O) groups is 3. The summed E-state index contributed by atoms with van der Waals surface area (Å²) in [5.41, 5.74) is 0.0974. The Morgan fingerprint density at radius 1 is 0.762 bits per heavy atom. The molecule has 4 N–H and O–H groups in total. The standard InChI is InChI=1S/C24H27NO4.C6H8O7/c1-26-21-9-16-15-8-14-6-5-7-25(14)13-20(15)19-12-24(29-4)23(28-3)11-18(19)17(16)10-22(21)27-2;7-3(8)1-6(13,5(11)12)2-4(9)10/h9-12,14H,5-8,13H2,1-4H3;13H,1-2H2,(H,7,8)(H,9,10)(H,11,12)/t14-;/m0./s1. The minimum absolute atomic E-state index is 0.636. The third-order valence-corrected chi connectivity index (χ3v) is 7.94. The van der Waals surface area contributed by atoms with Crippen LogP contribution in [0.3, 0.4) is 0 Å². The number of ether oxygens (including phenoxy) is 4. The molecule has 1 fully saturated rings. The summed E-state index contributed by atoms with van der Waals surface area (Å²) in [5, 5.41) is 38.6. The number of methoxy groups -OCH3 is 4. The predicted molar refractivity (Wildman–Crippen MR) is 152 cm³/mol. The maximum atomic E-state index is 10.3. The summed E-state index contributed by atoms with van der Waals surface area (Å²) in [6.07, 6.45) is 1.34. The van der Waals surface area contributed by atoms with E-state index in [1.807, 2.05) is 0 Å². The van der Waals surface area contributed by atoms with E-state index in [9.17, 15) is 14.4 Å². The summed E-state index contributed by atoms with van der Waals surface area (Å²) in [5.74, 6) is -1.99. The molecule has 2 heterocycles. The zero-order valence-electron chi connectivity index (χ0n) is 23.9. The first-order valence-corrected chi connectivity index (χ1v) is 13.3. The summed E-state index contributed by atoms with van der Waals surface area (Å²) in [6.45, 7) is 2.17. The summed E-state index contributed by atoms with van der Waals surface area (Å²) in [7, 11) is 6.76. The van der Waals surface area contributed by atoms with Gasteiger partial charge in [-0.05, 0) is 82.7 Å². The Hall–Kier alpha value is -4.29. The molecular formula is C30H35NO11. The Morgan fingerprint density at radius 3 is 1.60 bits per heavy atom. The fourth-order valence-electron chi connectivity index (χ4n) is 5.93. The van der Waals surface area contributed by atoms with Gasteiger partial charge in [0, 0.05) is 12.6 Å². The van der Waals surface area contributed by atoms with Crippen LogP contribution < -0.4 is 18.9 Å². The maximum Gasteiger partial charge on any atom is 0.336 e. The second-order valence-electron chi connectivity index (χ2n) is 10.4. The van der Waals surface area contributed by atoms with Gasteiger partial charge in [0.1, 0.15) is 0 Å². The fourth-order valence-corrected chi connectivity index (χ4v) is 5.93. The van der Waals surface area contributed by atoms with Crippen LogP contribution in [-0.2, 0) is 27.3 Å². The summed E-state index contributed by atoms with van der Waals surface area (Å²) >= 11 is 0. The van der Waals surface area contributed by atoms with Crippen LogP contribution in [0, 0.1) is 0 Å². The number of fused-ring (bicyclic) bond motifs is 7. The molecule has 0 saturated carbocycles. The average Bonchev–Trinajstić information content (AvgIpc) is 3.42. The molecule has 0 amide bonds. The lowest BCUT2D eigenvalue weighted by molar-refractivity contribution is -0.170. The molecule has 3 aromatic rings. The highest BCUT2D eigenvalue weighted by molar-refractivity contribution is 6.13. The fraction of sp³-hybridized carbons (Fsp3) is 0.433. The van der Waals surface area contributed by atoms with Crippen LogP contribution in [0.5, 0.6) is 23.0 Å². The first kappa shape index (κ1) is 30.7. The second-order valence-corrected chi connectivity index (χ2v) is 10.4. The molecule has 226 valence electrons. The second kappa shape index (κ2) is 12.3. The predicted octanol–water partition coefficient (Wildman–Crippen LogP) is 3.30. The van der Waals surface area contributed by atoms with Gasteiger partial charge in [-0.15, -0.1) is 0 Å². The van der Waals surface area contributed by atoms with Crippen molar-refractivity contribution in [1.82, 2.24) is 4.90 Å². The van der Waals surface area contributed by atoms with E-state index in [1.54, 1.807) is 28.4 Å². The number of nitrogens with zero attached hydrogens (tertiary/aromatic N) is 1. The number of carboxylic acid groups (broad SMARTS) is 3. The minimum Gasteiger partial charge on any atom is -0.493 e. The van der Waals surface area contributed by atoms with Gasteiger partial charge < -0.3 is 39.4 Å². The lowest BCUT2D eigenvalue weighted by Gasteiger charge is -2.33. The van der Waals surface area contributed by atoms with E-state index in [-0.39, 0.29) is 0 Å². The molecule has 5 rings (SSSR count). The van der Waals surface area contributed by atoms with Gasteiger partial charge in [0.25, 0.3) is 0 Å². The van der Waals surface area contributed by atoms with Crippen LogP contribution in [0.2, 0.25) is 0 Å². The van der Waals surface area contributed by atoms with Crippen molar-refractivity contribution in [3.63, 3.8) is 0 Å². The highest BCUT2D eigenvalue weighted by atomic mass is 16.5. The number of hydrogen-bond donors (Lipinski definition) is 4. The van der Waals surface area contributed by atoms with Gasteiger partial charge >= 0.3 is 17.9 Å². The van der Waals surface area contributed by atoms with Crippen LogP contribution in [0.4, 0.5) is 0 Å². The minimum atomic E-state index is -2.74. The van der Waals surface area contributed by atoms with Crippen molar-refractivity contribution in [2.24, 2.45) is 0 Å². The molecule has 42 heavy (non-hydrogen) atoms. The molecule has 2 aliphatic heterocycles. The van der Waals surface area contributed by atoms with Crippen LogP contribution in [-0.4, -0.2) is 89.9 Å². The Labute approximate surface area is 242 Å². The zero-order valence-corrected chi connectivity index (χ0v) is 23.9. The van der Waals surface area contributed by atoms with E-state index in [2.05, 4.69) is 29.2 Å². The number of aliphatic carboxylic acids is 3. The van der Waals surface area contributed by atoms with Crippen LogP contribution in [0.15, 0.2) is 24.3 Å². The van der Waals surface area contributed by atoms with Crippen molar-refractivity contribution >= 4 is 39.5 Å². The third-order valence-electron chi connectivity index (χ3n) is 7.94. The molecular weight excluding hydrogens is 550 g/mol. The Kier molecular flexibility index (Phi) is 8.97. The highest BCUT2D eigenvalue weighted by Crippen LogP contribution is 2.46. The Bertz CT molecular complexity index is 1430. The largest absolute Gasteiger partial charge is 0.493 e. The molecule has 0 bridgehead atoms. The van der Waals surface area contributed by atoms with Crippen molar-refractivity contribution in [3.05, 3.63) is 35.4 Å². The Morgan fingerprint density at radius 2 is 1.19 bits per heavy atom. The van der Waals surface area contributed by atoms with E-state index in [0.717, 1.165) is 41.3 Å². The summed E-state index contributed by atoms with van der Waals surface area (Å²) in [4.78, 5) is 33.1. The van der Waals surface area contributed by atoms with Crippen LogP contribution >= 0.6 is 0 Å². The lowest BCUT2D eigenvalue weighted by atomic mass is 9.85. The topological polar surface area (TPSA) is 172 Å². The number of aliphatic hydroxyl groups is 1. The molecule has 0 aromatic heterocycles. The van der Waals surface area contributed by atoms with Crippen molar-refractivity contribution in [2.75, 3.05) is 35.0 Å². The smallest absolute Gasteiger partial charge is 0.336 e. The summed E-state index contributed by atoms with van der Waals surface area (Å²) < 4.78 is 22.5. The van der Waals surface area contributed by atoms with E-state index < -0.39 is 36.4 Å². The first-order valence-electron chi connectivity index (χ1n) is 13.3.